The van der Waals surface area contributed by atoms with Gasteiger partial charge in [-0.25, -0.2) is 9.97 Å². The predicted molar refractivity (Wildman–Crippen MR) is 81.2 cm³/mol. The Kier molecular flexibility index (Phi) is 3.72. The summed E-state index contributed by atoms with van der Waals surface area (Å²) in [6.45, 7) is 6.29. The minimum absolute atomic E-state index is 0.195. The maximum absolute atomic E-state index is 9.39. The zero-order valence-corrected chi connectivity index (χ0v) is 12.3. The molecule has 5 nitrogen and oxygen atoms in total. The summed E-state index contributed by atoms with van der Waals surface area (Å²) in [4.78, 5) is 11.3. The number of rotatable bonds is 2. The smallest absolute Gasteiger partial charge is 0.183 e. The Hall–Kier alpha value is -2.19. The van der Waals surface area contributed by atoms with E-state index in [1.807, 2.05) is 25.1 Å². The first-order valence-corrected chi connectivity index (χ1v) is 7.26. The molecule has 1 saturated heterocycles. The number of hydrogen-bond donors (Lipinski definition) is 0. The standard InChI is InChI=1S/C16H18N4O/c1-3-12-10-20(6-7-21-12)16-15(9-17)18-14-8-11(2)4-5-13(14)19-16/h4-5,8,12H,3,6-7,10H2,1-2H3/t12-/m0/s1. The average Bonchev–Trinajstić information content (AvgIpc) is 2.53. The van der Waals surface area contributed by atoms with E-state index >= 15 is 0 Å². The van der Waals surface area contributed by atoms with Crippen molar-refractivity contribution in [1.29, 1.82) is 5.26 Å². The van der Waals surface area contributed by atoms with Crippen LogP contribution in [0.5, 0.6) is 0 Å². The van der Waals surface area contributed by atoms with Gasteiger partial charge in [-0.1, -0.05) is 13.0 Å². The molecule has 1 fully saturated rings. The maximum Gasteiger partial charge on any atom is 0.183 e. The molecule has 108 valence electrons. The van der Waals surface area contributed by atoms with Crippen LogP contribution in [-0.4, -0.2) is 35.8 Å². The van der Waals surface area contributed by atoms with Gasteiger partial charge in [0.2, 0.25) is 0 Å². The van der Waals surface area contributed by atoms with Gasteiger partial charge in [0, 0.05) is 13.1 Å². The van der Waals surface area contributed by atoms with Gasteiger partial charge in [0.05, 0.1) is 23.7 Å². The molecular formula is C16H18N4O. The zero-order valence-electron chi connectivity index (χ0n) is 12.3. The summed E-state index contributed by atoms with van der Waals surface area (Å²) in [5, 5.41) is 9.39. The van der Waals surface area contributed by atoms with Crippen molar-refractivity contribution in [3.63, 3.8) is 0 Å². The Bertz CT molecular complexity index is 707. The highest BCUT2D eigenvalue weighted by Gasteiger charge is 2.23. The molecule has 0 saturated carbocycles. The largest absolute Gasteiger partial charge is 0.375 e. The minimum atomic E-state index is 0.195. The second-order valence-corrected chi connectivity index (χ2v) is 5.35. The molecule has 5 heteroatoms. The SMILES string of the molecule is CC[C@H]1CN(c2nc3ccc(C)cc3nc2C#N)CCO1. The molecule has 0 bridgehead atoms. The van der Waals surface area contributed by atoms with Gasteiger partial charge in [-0.05, 0) is 31.0 Å². The number of nitrogens with zero attached hydrogens (tertiary/aromatic N) is 4. The summed E-state index contributed by atoms with van der Waals surface area (Å²) in [6.07, 6.45) is 1.15. The van der Waals surface area contributed by atoms with Gasteiger partial charge in [0.25, 0.3) is 0 Å². The molecule has 0 spiro atoms. The Morgan fingerprint density at radius 3 is 3.00 bits per heavy atom. The van der Waals surface area contributed by atoms with Crippen LogP contribution in [-0.2, 0) is 4.74 Å². The first-order valence-electron chi connectivity index (χ1n) is 7.26. The van der Waals surface area contributed by atoms with Crippen molar-refractivity contribution in [2.24, 2.45) is 0 Å². The molecule has 0 N–H and O–H groups in total. The van der Waals surface area contributed by atoms with Crippen molar-refractivity contribution in [2.75, 3.05) is 24.6 Å². The summed E-state index contributed by atoms with van der Waals surface area (Å²) in [5.74, 6) is 0.676. The maximum atomic E-state index is 9.39. The molecule has 1 aliphatic heterocycles. The third-order valence-corrected chi connectivity index (χ3v) is 3.80. The fourth-order valence-corrected chi connectivity index (χ4v) is 2.61. The van der Waals surface area contributed by atoms with Gasteiger partial charge in [-0.2, -0.15) is 5.26 Å². The second-order valence-electron chi connectivity index (χ2n) is 5.35. The van der Waals surface area contributed by atoms with E-state index in [1.54, 1.807) is 0 Å². The second kappa shape index (κ2) is 5.66. The number of benzene rings is 1. The van der Waals surface area contributed by atoms with E-state index in [0.29, 0.717) is 18.1 Å². The normalized spacial score (nSPS) is 18.7. The van der Waals surface area contributed by atoms with Crippen molar-refractivity contribution in [3.8, 4) is 6.07 Å². The Morgan fingerprint density at radius 2 is 2.24 bits per heavy atom. The first kappa shape index (κ1) is 13.8. The summed E-state index contributed by atoms with van der Waals surface area (Å²) in [5.41, 5.74) is 3.11. The van der Waals surface area contributed by atoms with Gasteiger partial charge in [-0.15, -0.1) is 0 Å². The molecule has 0 radical (unpaired) electrons. The Morgan fingerprint density at radius 1 is 1.38 bits per heavy atom. The van der Waals surface area contributed by atoms with Gasteiger partial charge < -0.3 is 9.64 Å². The third kappa shape index (κ3) is 2.67. The summed E-state index contributed by atoms with van der Waals surface area (Å²) in [7, 11) is 0. The van der Waals surface area contributed by atoms with Crippen LogP contribution in [0.25, 0.3) is 11.0 Å². The van der Waals surface area contributed by atoms with E-state index in [0.717, 1.165) is 36.1 Å². The molecule has 0 unspecified atom stereocenters. The van der Waals surface area contributed by atoms with Crippen LogP contribution in [0.2, 0.25) is 0 Å². The fraction of sp³-hybridized carbons (Fsp3) is 0.438. The number of anilines is 1. The summed E-state index contributed by atoms with van der Waals surface area (Å²) in [6, 6.07) is 8.11. The molecule has 2 aromatic rings. The van der Waals surface area contributed by atoms with Crippen LogP contribution in [0, 0.1) is 18.3 Å². The van der Waals surface area contributed by atoms with E-state index < -0.39 is 0 Å². The summed E-state index contributed by atoms with van der Waals surface area (Å²) >= 11 is 0. The van der Waals surface area contributed by atoms with Crippen LogP contribution >= 0.6 is 0 Å². The molecule has 1 aromatic carbocycles. The van der Waals surface area contributed by atoms with E-state index in [-0.39, 0.29) is 6.10 Å². The number of aromatic nitrogens is 2. The molecule has 3 rings (SSSR count). The van der Waals surface area contributed by atoms with E-state index in [9.17, 15) is 5.26 Å². The zero-order chi connectivity index (χ0) is 14.8. The molecular weight excluding hydrogens is 264 g/mol. The predicted octanol–water partition coefficient (Wildman–Crippen LogP) is 2.43. The highest BCUT2D eigenvalue weighted by molar-refractivity contribution is 5.78. The monoisotopic (exact) mass is 282 g/mol. The summed E-state index contributed by atoms with van der Waals surface area (Å²) < 4.78 is 5.68. The van der Waals surface area contributed by atoms with Crippen molar-refractivity contribution in [3.05, 3.63) is 29.5 Å². The van der Waals surface area contributed by atoms with Crippen molar-refractivity contribution in [2.45, 2.75) is 26.4 Å². The van der Waals surface area contributed by atoms with Crippen LogP contribution in [0.3, 0.4) is 0 Å². The van der Waals surface area contributed by atoms with Crippen molar-refractivity contribution < 1.29 is 4.74 Å². The van der Waals surface area contributed by atoms with Gasteiger partial charge in [-0.3, -0.25) is 0 Å². The van der Waals surface area contributed by atoms with Gasteiger partial charge in [0.15, 0.2) is 11.5 Å². The molecule has 0 aliphatic carbocycles. The molecule has 21 heavy (non-hydrogen) atoms. The van der Waals surface area contributed by atoms with Crippen LogP contribution in [0.4, 0.5) is 5.82 Å². The highest BCUT2D eigenvalue weighted by atomic mass is 16.5. The lowest BCUT2D eigenvalue weighted by molar-refractivity contribution is 0.0381. The van der Waals surface area contributed by atoms with Crippen molar-refractivity contribution >= 4 is 16.9 Å². The molecule has 2 heterocycles. The molecule has 0 amide bonds. The lowest BCUT2D eigenvalue weighted by atomic mass is 10.2. The average molecular weight is 282 g/mol. The van der Waals surface area contributed by atoms with Crippen LogP contribution in [0.15, 0.2) is 18.2 Å². The number of morpholine rings is 1. The van der Waals surface area contributed by atoms with E-state index in [4.69, 9.17) is 4.74 Å². The molecule has 1 atom stereocenters. The van der Waals surface area contributed by atoms with Crippen molar-refractivity contribution in [1.82, 2.24) is 9.97 Å². The lowest BCUT2D eigenvalue weighted by Gasteiger charge is -2.33. The van der Waals surface area contributed by atoms with Crippen LogP contribution in [0.1, 0.15) is 24.6 Å². The number of ether oxygens (including phenoxy) is 1. The number of fused-ring (bicyclic) bond motifs is 1. The first-order chi connectivity index (χ1) is 10.2. The quantitative estimate of drug-likeness (QED) is 0.846. The fourth-order valence-electron chi connectivity index (χ4n) is 2.61. The number of hydrogen-bond acceptors (Lipinski definition) is 5. The Balaban J connectivity index is 2.05. The highest BCUT2D eigenvalue weighted by Crippen LogP contribution is 2.23. The third-order valence-electron chi connectivity index (χ3n) is 3.80. The topological polar surface area (TPSA) is 62.0 Å². The molecule has 1 aliphatic rings. The lowest BCUT2D eigenvalue weighted by Crippen LogP contribution is -2.43. The van der Waals surface area contributed by atoms with E-state index in [1.165, 1.54) is 0 Å². The van der Waals surface area contributed by atoms with Gasteiger partial charge in [0.1, 0.15) is 6.07 Å². The van der Waals surface area contributed by atoms with Crippen LogP contribution < -0.4 is 4.90 Å². The number of nitriles is 1. The van der Waals surface area contributed by atoms with E-state index in [2.05, 4.69) is 27.9 Å². The number of aryl methyl sites for hydroxylation is 1. The minimum Gasteiger partial charge on any atom is -0.375 e. The Labute approximate surface area is 124 Å². The van der Waals surface area contributed by atoms with Gasteiger partial charge >= 0.3 is 0 Å². The molecule has 1 aromatic heterocycles.